The van der Waals surface area contributed by atoms with Crippen molar-refractivity contribution in [1.29, 1.82) is 0 Å². The van der Waals surface area contributed by atoms with Crippen LogP contribution in [-0.2, 0) is 10.0 Å². The van der Waals surface area contributed by atoms with Crippen LogP contribution in [0.1, 0.15) is 33.1 Å². The van der Waals surface area contributed by atoms with E-state index in [1.54, 1.807) is 0 Å². The first kappa shape index (κ1) is 16.0. The van der Waals surface area contributed by atoms with Crippen LogP contribution >= 0.6 is 23.2 Å². The van der Waals surface area contributed by atoms with Gasteiger partial charge in [0.1, 0.15) is 10.0 Å². The van der Waals surface area contributed by atoms with Crippen LogP contribution in [0.5, 0.6) is 0 Å². The fourth-order valence-corrected chi connectivity index (χ4v) is 4.48. The Bertz CT molecular complexity index is 600. The highest BCUT2D eigenvalue weighted by atomic mass is 35.5. The lowest BCUT2D eigenvalue weighted by molar-refractivity contribution is 0.279. The number of hydrogen-bond acceptors (Lipinski definition) is 3. The van der Waals surface area contributed by atoms with Gasteiger partial charge in [0.15, 0.2) is 0 Å². The zero-order chi connectivity index (χ0) is 15.0. The average molecular weight is 337 g/mol. The number of hydrogen-bond donors (Lipinski definition) is 0. The van der Waals surface area contributed by atoms with Gasteiger partial charge in [0.05, 0.1) is 5.02 Å². The third-order valence-electron chi connectivity index (χ3n) is 4.31. The third kappa shape index (κ3) is 2.82. The highest BCUT2D eigenvalue weighted by Gasteiger charge is 2.40. The summed E-state index contributed by atoms with van der Waals surface area (Å²) >= 11 is 11.6. The van der Waals surface area contributed by atoms with Crippen molar-refractivity contribution >= 4 is 33.2 Å². The lowest BCUT2D eigenvalue weighted by Gasteiger charge is -2.26. The third-order valence-corrected chi connectivity index (χ3v) is 6.81. The molecular weight excluding hydrogens is 319 g/mol. The molecule has 0 amide bonds. The minimum Gasteiger partial charge on any atom is -0.242 e. The molecule has 0 saturated carbocycles. The number of pyridine rings is 1. The van der Waals surface area contributed by atoms with Crippen LogP contribution in [0.2, 0.25) is 10.2 Å². The van der Waals surface area contributed by atoms with Crippen molar-refractivity contribution in [2.75, 3.05) is 13.1 Å². The fraction of sp³-hybridized carbons (Fsp3) is 0.615. The van der Waals surface area contributed by atoms with Gasteiger partial charge in [0.25, 0.3) is 0 Å². The Morgan fingerprint density at radius 1 is 1.35 bits per heavy atom. The van der Waals surface area contributed by atoms with Gasteiger partial charge < -0.3 is 0 Å². The topological polar surface area (TPSA) is 50.3 Å². The molecule has 1 aromatic heterocycles. The first-order valence-corrected chi connectivity index (χ1v) is 8.85. The fourth-order valence-electron chi connectivity index (χ4n) is 2.62. The van der Waals surface area contributed by atoms with Crippen molar-refractivity contribution in [2.24, 2.45) is 5.41 Å². The maximum absolute atomic E-state index is 12.6. The van der Waals surface area contributed by atoms with Gasteiger partial charge in [-0.05, 0) is 30.7 Å². The molecule has 4 nitrogen and oxygen atoms in total. The van der Waals surface area contributed by atoms with Crippen molar-refractivity contribution < 1.29 is 8.42 Å². The average Bonchev–Trinajstić information content (AvgIpc) is 2.87. The van der Waals surface area contributed by atoms with Gasteiger partial charge in [-0.1, -0.05) is 37.0 Å². The largest absolute Gasteiger partial charge is 0.244 e. The Hall–Kier alpha value is -0.360. The van der Waals surface area contributed by atoms with E-state index < -0.39 is 10.0 Å². The number of nitrogens with zero attached hydrogens (tertiary/aromatic N) is 2. The van der Waals surface area contributed by atoms with Crippen LogP contribution in [-0.4, -0.2) is 30.8 Å². The Morgan fingerprint density at radius 3 is 2.50 bits per heavy atom. The van der Waals surface area contributed by atoms with Crippen LogP contribution in [0, 0.1) is 5.41 Å². The summed E-state index contributed by atoms with van der Waals surface area (Å²) in [6.07, 6.45) is 4.12. The smallest absolute Gasteiger partial charge is 0.242 e. The van der Waals surface area contributed by atoms with Gasteiger partial charge in [-0.2, -0.15) is 4.31 Å². The van der Waals surface area contributed by atoms with Gasteiger partial charge in [0.2, 0.25) is 10.0 Å². The van der Waals surface area contributed by atoms with E-state index in [9.17, 15) is 8.42 Å². The minimum atomic E-state index is -3.54. The Kier molecular flexibility index (Phi) is 4.64. The predicted molar refractivity (Wildman–Crippen MR) is 80.6 cm³/mol. The Morgan fingerprint density at radius 2 is 2.00 bits per heavy atom. The molecule has 0 aromatic carbocycles. The van der Waals surface area contributed by atoms with Crippen molar-refractivity contribution in [3.8, 4) is 0 Å². The van der Waals surface area contributed by atoms with Crippen LogP contribution < -0.4 is 0 Å². The number of sulfonamides is 1. The second kappa shape index (κ2) is 5.79. The summed E-state index contributed by atoms with van der Waals surface area (Å²) in [5.41, 5.74) is 0.0940. The molecule has 1 fully saturated rings. The van der Waals surface area contributed by atoms with Crippen molar-refractivity contribution in [3.05, 3.63) is 22.4 Å². The summed E-state index contributed by atoms with van der Waals surface area (Å²) in [7, 11) is -3.54. The summed E-state index contributed by atoms with van der Waals surface area (Å²) in [6, 6.07) is 1.37. The molecular formula is C13H18Cl2N2O2S. The highest BCUT2D eigenvalue weighted by molar-refractivity contribution is 7.89. The van der Waals surface area contributed by atoms with Crippen LogP contribution in [0.3, 0.4) is 0 Å². The highest BCUT2D eigenvalue weighted by Crippen LogP contribution is 2.39. The summed E-state index contributed by atoms with van der Waals surface area (Å²) in [6.45, 7) is 5.33. The monoisotopic (exact) mass is 336 g/mol. The van der Waals surface area contributed by atoms with Crippen LogP contribution in [0.15, 0.2) is 17.2 Å². The normalized spacial score (nSPS) is 19.4. The lowest BCUT2D eigenvalue weighted by atomic mass is 9.82. The summed E-state index contributed by atoms with van der Waals surface area (Å²) < 4.78 is 26.7. The first-order valence-electron chi connectivity index (χ1n) is 6.66. The van der Waals surface area contributed by atoms with E-state index >= 15 is 0 Å². The summed E-state index contributed by atoms with van der Waals surface area (Å²) in [4.78, 5) is 3.93. The van der Waals surface area contributed by atoms with Gasteiger partial charge in [0, 0.05) is 19.3 Å². The number of halogens is 2. The molecule has 1 aliphatic rings. The zero-order valence-corrected chi connectivity index (χ0v) is 13.9. The summed E-state index contributed by atoms with van der Waals surface area (Å²) in [5.74, 6) is 0. The molecule has 0 unspecified atom stereocenters. The molecule has 1 aliphatic heterocycles. The molecule has 1 saturated heterocycles. The summed E-state index contributed by atoms with van der Waals surface area (Å²) in [5, 5.41) is 0.271. The van der Waals surface area contributed by atoms with E-state index in [4.69, 9.17) is 23.2 Å². The maximum Gasteiger partial charge on any atom is 0.244 e. The van der Waals surface area contributed by atoms with Gasteiger partial charge in [-0.25, -0.2) is 13.4 Å². The molecule has 0 radical (unpaired) electrons. The van der Waals surface area contributed by atoms with E-state index in [-0.39, 0.29) is 20.5 Å². The second-order valence-corrected chi connectivity index (χ2v) is 7.94. The Balaban J connectivity index is 2.30. The molecule has 0 spiro atoms. The van der Waals surface area contributed by atoms with E-state index in [1.165, 1.54) is 16.6 Å². The molecule has 112 valence electrons. The van der Waals surface area contributed by atoms with Crippen molar-refractivity contribution in [1.82, 2.24) is 9.29 Å². The second-order valence-electron chi connectivity index (χ2n) is 5.24. The molecule has 0 atom stereocenters. The number of aromatic nitrogens is 1. The van der Waals surface area contributed by atoms with Gasteiger partial charge >= 0.3 is 0 Å². The molecule has 7 heteroatoms. The zero-order valence-electron chi connectivity index (χ0n) is 11.6. The van der Waals surface area contributed by atoms with Gasteiger partial charge in [-0.15, -0.1) is 0 Å². The van der Waals surface area contributed by atoms with Crippen molar-refractivity contribution in [2.45, 2.75) is 38.0 Å². The first-order chi connectivity index (χ1) is 9.34. The molecule has 0 bridgehead atoms. The van der Waals surface area contributed by atoms with Crippen molar-refractivity contribution in [3.63, 3.8) is 0 Å². The molecule has 0 aliphatic carbocycles. The molecule has 2 heterocycles. The molecule has 1 aromatic rings. The van der Waals surface area contributed by atoms with Crippen LogP contribution in [0.25, 0.3) is 0 Å². The SMILES string of the molecule is CCC1(CC)CCN(S(=O)(=O)c2cnc(Cl)c(Cl)c2)C1. The van der Waals surface area contributed by atoms with E-state index in [2.05, 4.69) is 18.8 Å². The van der Waals surface area contributed by atoms with Crippen LogP contribution in [0.4, 0.5) is 0 Å². The molecule has 2 rings (SSSR count). The van der Waals surface area contributed by atoms with Gasteiger partial charge in [-0.3, -0.25) is 0 Å². The van der Waals surface area contributed by atoms with E-state index in [0.29, 0.717) is 13.1 Å². The quantitative estimate of drug-likeness (QED) is 0.789. The van der Waals surface area contributed by atoms with E-state index in [0.717, 1.165) is 19.3 Å². The minimum absolute atomic E-state index is 0.0940. The molecule has 20 heavy (non-hydrogen) atoms. The lowest BCUT2D eigenvalue weighted by Crippen LogP contribution is -2.32. The van der Waals surface area contributed by atoms with E-state index in [1.807, 2.05) is 0 Å². The molecule has 0 N–H and O–H groups in total. The number of rotatable bonds is 4. The Labute approximate surface area is 130 Å². The maximum atomic E-state index is 12.6. The predicted octanol–water partition coefficient (Wildman–Crippen LogP) is 3.59. The standard InChI is InChI=1S/C13H18Cl2N2O2S/c1-3-13(4-2)5-6-17(9-13)20(18,19)10-7-11(14)12(15)16-8-10/h7-8H,3-6,9H2,1-2H3.